The van der Waals surface area contributed by atoms with Gasteiger partial charge in [-0.2, -0.15) is 0 Å². The topological polar surface area (TPSA) is 70.1 Å². The van der Waals surface area contributed by atoms with Gasteiger partial charge < -0.3 is 19.6 Å². The Hall–Kier alpha value is -1.50. The quantitative estimate of drug-likeness (QED) is 0.711. The summed E-state index contributed by atoms with van der Waals surface area (Å²) in [5.41, 5.74) is 1.33. The summed E-state index contributed by atoms with van der Waals surface area (Å²) >= 11 is 12.5. The summed E-state index contributed by atoms with van der Waals surface area (Å²) in [6.45, 7) is 8.25. The molecular weight excluding hydrogens is 415 g/mol. The van der Waals surface area contributed by atoms with Crippen molar-refractivity contribution in [3.05, 3.63) is 33.3 Å². The summed E-state index contributed by atoms with van der Waals surface area (Å²) in [5.74, 6) is -0.567. The molecule has 0 aliphatic carbocycles. The molecule has 2 unspecified atom stereocenters. The largest absolute Gasteiger partial charge is 0.444 e. The van der Waals surface area contributed by atoms with Crippen molar-refractivity contribution in [3.8, 4) is 0 Å². The van der Waals surface area contributed by atoms with Crippen LogP contribution in [0.15, 0.2) is 12.1 Å². The second-order valence-electron chi connectivity index (χ2n) is 8.89. The van der Waals surface area contributed by atoms with Crippen LogP contribution in [-0.2, 0) is 16.0 Å². The summed E-state index contributed by atoms with van der Waals surface area (Å²) < 4.78 is 5.41. The Morgan fingerprint density at radius 3 is 2.55 bits per heavy atom. The number of aliphatic hydroxyl groups excluding tert-OH is 1. The molecule has 8 heteroatoms. The molecular formula is C21H28Cl2N2O4. The fourth-order valence-electron chi connectivity index (χ4n) is 4.17. The highest BCUT2D eigenvalue weighted by atomic mass is 35.5. The van der Waals surface area contributed by atoms with Crippen molar-refractivity contribution >= 4 is 35.2 Å². The van der Waals surface area contributed by atoms with Gasteiger partial charge in [-0.1, -0.05) is 23.2 Å². The maximum absolute atomic E-state index is 13.3. The number of rotatable bonds is 1. The average molecular weight is 443 g/mol. The number of piperidine rings is 1. The molecule has 3 atom stereocenters. The Morgan fingerprint density at radius 1 is 1.21 bits per heavy atom. The van der Waals surface area contributed by atoms with Crippen LogP contribution >= 0.6 is 23.2 Å². The number of benzene rings is 1. The Bertz CT molecular complexity index is 809. The number of amides is 2. The first-order valence-corrected chi connectivity index (χ1v) is 10.7. The van der Waals surface area contributed by atoms with Gasteiger partial charge in [0.2, 0.25) is 5.91 Å². The summed E-state index contributed by atoms with van der Waals surface area (Å²) in [4.78, 5) is 29.0. The molecule has 0 radical (unpaired) electrons. The van der Waals surface area contributed by atoms with Crippen LogP contribution in [0.5, 0.6) is 0 Å². The fraction of sp³-hybridized carbons (Fsp3) is 0.619. The number of halogens is 2. The van der Waals surface area contributed by atoms with Gasteiger partial charge in [0.15, 0.2) is 0 Å². The standard InChI is InChI=1S/C21H28Cl2N2O4/c1-12-18-13(7-15(22)9-17(18)23)5-6-25(12)19(27)14-8-16(26)11-24(10-14)20(28)29-21(2,3)4/h7,9,12,14,16,26H,5-6,8,10-11H2,1-4H3/t12-,14?,16?/m0/s1. The molecule has 3 rings (SSSR count). The van der Waals surface area contributed by atoms with Gasteiger partial charge in [0.1, 0.15) is 5.60 Å². The van der Waals surface area contributed by atoms with Crippen molar-refractivity contribution in [3.63, 3.8) is 0 Å². The van der Waals surface area contributed by atoms with Gasteiger partial charge in [-0.3, -0.25) is 4.79 Å². The number of likely N-dealkylation sites (tertiary alicyclic amines) is 1. The maximum Gasteiger partial charge on any atom is 0.410 e. The number of carbonyl (C=O) groups excluding carboxylic acids is 2. The van der Waals surface area contributed by atoms with E-state index in [4.69, 9.17) is 27.9 Å². The van der Waals surface area contributed by atoms with Crippen LogP contribution in [-0.4, -0.2) is 58.2 Å². The summed E-state index contributed by atoms with van der Waals surface area (Å²) in [6, 6.07) is 3.39. The van der Waals surface area contributed by atoms with Crippen LogP contribution < -0.4 is 0 Å². The zero-order chi connectivity index (χ0) is 21.5. The lowest BCUT2D eigenvalue weighted by Crippen LogP contribution is -2.53. The van der Waals surface area contributed by atoms with Gasteiger partial charge in [-0.25, -0.2) is 4.79 Å². The van der Waals surface area contributed by atoms with E-state index in [2.05, 4.69) is 0 Å². The molecule has 2 amide bonds. The first-order valence-electron chi connectivity index (χ1n) is 9.90. The molecule has 0 bridgehead atoms. The normalized spacial score (nSPS) is 24.9. The second-order valence-corrected chi connectivity index (χ2v) is 9.73. The summed E-state index contributed by atoms with van der Waals surface area (Å²) in [7, 11) is 0. The third-order valence-corrected chi connectivity index (χ3v) is 5.93. The van der Waals surface area contributed by atoms with Crippen LogP contribution in [0, 0.1) is 5.92 Å². The van der Waals surface area contributed by atoms with E-state index in [9.17, 15) is 14.7 Å². The van der Waals surface area contributed by atoms with Gasteiger partial charge in [-0.15, -0.1) is 0 Å². The van der Waals surface area contributed by atoms with Crippen LogP contribution in [0.1, 0.15) is 51.3 Å². The minimum Gasteiger partial charge on any atom is -0.444 e. The van der Waals surface area contributed by atoms with Crippen LogP contribution in [0.25, 0.3) is 0 Å². The van der Waals surface area contributed by atoms with E-state index in [0.29, 0.717) is 29.4 Å². The van der Waals surface area contributed by atoms with Crippen molar-refractivity contribution in [2.45, 2.75) is 58.3 Å². The van der Waals surface area contributed by atoms with Gasteiger partial charge in [0.25, 0.3) is 0 Å². The molecule has 0 aromatic heterocycles. The molecule has 1 aromatic rings. The molecule has 160 valence electrons. The highest BCUT2D eigenvalue weighted by Crippen LogP contribution is 2.38. The van der Waals surface area contributed by atoms with E-state index < -0.39 is 23.7 Å². The van der Waals surface area contributed by atoms with Gasteiger partial charge in [0.05, 0.1) is 18.1 Å². The number of ether oxygens (including phenoxy) is 1. The molecule has 0 saturated carbocycles. The SMILES string of the molecule is C[C@H]1c2c(Cl)cc(Cl)cc2CCN1C(=O)C1CC(O)CN(C(=O)OC(C)(C)C)C1. The zero-order valence-corrected chi connectivity index (χ0v) is 18.8. The van der Waals surface area contributed by atoms with E-state index in [1.165, 1.54) is 4.90 Å². The predicted molar refractivity (Wildman–Crippen MR) is 112 cm³/mol. The van der Waals surface area contributed by atoms with E-state index in [1.54, 1.807) is 31.7 Å². The second kappa shape index (κ2) is 8.32. The Labute approximate surface area is 181 Å². The van der Waals surface area contributed by atoms with Crippen molar-refractivity contribution in [1.82, 2.24) is 9.80 Å². The summed E-state index contributed by atoms with van der Waals surface area (Å²) in [5, 5.41) is 11.4. The molecule has 1 aromatic carbocycles. The molecule has 1 N–H and O–H groups in total. The maximum atomic E-state index is 13.3. The molecule has 0 spiro atoms. The molecule has 29 heavy (non-hydrogen) atoms. The Balaban J connectivity index is 1.76. The molecule has 2 aliphatic rings. The van der Waals surface area contributed by atoms with Crippen molar-refractivity contribution in [1.29, 1.82) is 0 Å². The lowest BCUT2D eigenvalue weighted by molar-refractivity contribution is -0.141. The van der Waals surface area contributed by atoms with Gasteiger partial charge >= 0.3 is 6.09 Å². The number of β-amino-alcohol motifs (C(OH)–C–C–N with tert-alkyl or cyclic N) is 1. The third kappa shape index (κ3) is 4.98. The van der Waals surface area contributed by atoms with E-state index in [0.717, 1.165) is 11.1 Å². The number of hydrogen-bond donors (Lipinski definition) is 1. The minimum atomic E-state index is -0.764. The third-order valence-electron chi connectivity index (χ3n) is 5.40. The van der Waals surface area contributed by atoms with Crippen LogP contribution in [0.4, 0.5) is 4.79 Å². The molecule has 1 fully saturated rings. The smallest absolute Gasteiger partial charge is 0.410 e. The Morgan fingerprint density at radius 2 is 1.90 bits per heavy atom. The van der Waals surface area contributed by atoms with E-state index >= 15 is 0 Å². The lowest BCUT2D eigenvalue weighted by atomic mass is 9.89. The fourth-order valence-corrected chi connectivity index (χ4v) is 4.86. The Kier molecular flexibility index (Phi) is 6.37. The van der Waals surface area contributed by atoms with Crippen molar-refractivity contribution in [2.24, 2.45) is 5.92 Å². The number of hydrogen-bond acceptors (Lipinski definition) is 4. The van der Waals surface area contributed by atoms with Crippen LogP contribution in [0.2, 0.25) is 10.0 Å². The van der Waals surface area contributed by atoms with Gasteiger partial charge in [0, 0.05) is 29.7 Å². The molecule has 1 saturated heterocycles. The number of nitrogens with zero attached hydrogens (tertiary/aromatic N) is 2. The van der Waals surface area contributed by atoms with E-state index in [-0.39, 0.29) is 25.0 Å². The first kappa shape index (κ1) is 22.2. The van der Waals surface area contributed by atoms with Gasteiger partial charge in [-0.05, 0) is 63.8 Å². The average Bonchev–Trinajstić information content (AvgIpc) is 2.58. The highest BCUT2D eigenvalue weighted by molar-refractivity contribution is 6.35. The number of aliphatic hydroxyl groups is 1. The van der Waals surface area contributed by atoms with E-state index in [1.807, 2.05) is 13.0 Å². The summed E-state index contributed by atoms with van der Waals surface area (Å²) in [6.07, 6.45) is -0.289. The highest BCUT2D eigenvalue weighted by Gasteiger charge is 2.39. The lowest BCUT2D eigenvalue weighted by Gasteiger charge is -2.41. The molecule has 6 nitrogen and oxygen atoms in total. The molecule has 2 heterocycles. The van der Waals surface area contributed by atoms with Crippen LogP contribution in [0.3, 0.4) is 0 Å². The minimum absolute atomic E-state index is 0.0820. The monoisotopic (exact) mass is 442 g/mol. The first-order chi connectivity index (χ1) is 13.5. The number of carbonyl (C=O) groups is 2. The van der Waals surface area contributed by atoms with Crippen molar-refractivity contribution in [2.75, 3.05) is 19.6 Å². The predicted octanol–water partition coefficient (Wildman–Crippen LogP) is 4.06. The number of fused-ring (bicyclic) bond motifs is 1. The molecule has 2 aliphatic heterocycles. The van der Waals surface area contributed by atoms with Crippen molar-refractivity contribution < 1.29 is 19.4 Å². The zero-order valence-electron chi connectivity index (χ0n) is 17.2.